The first-order valence-corrected chi connectivity index (χ1v) is 8.92. The van der Waals surface area contributed by atoms with Crippen LogP contribution in [0.3, 0.4) is 0 Å². The molecule has 2 aliphatic heterocycles. The molecule has 5 heteroatoms. The van der Waals surface area contributed by atoms with Gasteiger partial charge in [0.25, 0.3) is 0 Å². The number of hydrogen-bond donors (Lipinski definition) is 1. The summed E-state index contributed by atoms with van der Waals surface area (Å²) in [6.45, 7) is 6.40. The zero-order valence-corrected chi connectivity index (χ0v) is 13.7. The van der Waals surface area contributed by atoms with Crippen molar-refractivity contribution >= 4 is 17.0 Å². The van der Waals surface area contributed by atoms with Gasteiger partial charge in [0.2, 0.25) is 5.95 Å². The number of nitrogens with one attached hydrogen (secondary N) is 1. The van der Waals surface area contributed by atoms with Gasteiger partial charge in [0.1, 0.15) is 0 Å². The zero-order chi connectivity index (χ0) is 15.5. The Kier molecular flexibility index (Phi) is 4.48. The highest BCUT2D eigenvalue weighted by Crippen LogP contribution is 2.19. The van der Waals surface area contributed by atoms with Crippen molar-refractivity contribution in [1.29, 1.82) is 0 Å². The Bertz CT molecular complexity index is 602. The zero-order valence-electron chi connectivity index (χ0n) is 13.7. The predicted octanol–water partition coefficient (Wildman–Crippen LogP) is 2.64. The second-order valence-corrected chi connectivity index (χ2v) is 6.71. The van der Waals surface area contributed by atoms with Crippen LogP contribution in [-0.4, -0.2) is 60.3 Å². The molecule has 0 amide bonds. The van der Waals surface area contributed by atoms with Gasteiger partial charge in [-0.25, -0.2) is 4.98 Å². The Labute approximate surface area is 137 Å². The summed E-state index contributed by atoms with van der Waals surface area (Å²) in [5.74, 6) is 1.02. The average molecular weight is 314 g/mol. The highest BCUT2D eigenvalue weighted by Gasteiger charge is 2.21. The van der Waals surface area contributed by atoms with E-state index in [1.807, 2.05) is 6.07 Å². The highest BCUT2D eigenvalue weighted by atomic mass is 16.5. The molecule has 2 saturated heterocycles. The number of aromatic amines is 1. The maximum atomic E-state index is 5.90. The SMILES string of the molecule is c1ccc2[nH]c(N3CCCN(CC4CCCCO4)CC3)nc2c1. The van der Waals surface area contributed by atoms with Gasteiger partial charge in [0.15, 0.2) is 0 Å². The number of anilines is 1. The quantitative estimate of drug-likeness (QED) is 0.946. The van der Waals surface area contributed by atoms with E-state index < -0.39 is 0 Å². The summed E-state index contributed by atoms with van der Waals surface area (Å²) < 4.78 is 5.90. The number of fused-ring (bicyclic) bond motifs is 1. The van der Waals surface area contributed by atoms with Crippen molar-refractivity contribution in [2.75, 3.05) is 44.2 Å². The first kappa shape index (κ1) is 15.0. The number of hydrogen-bond acceptors (Lipinski definition) is 4. The second-order valence-electron chi connectivity index (χ2n) is 6.71. The number of aromatic nitrogens is 2. The Balaban J connectivity index is 1.38. The van der Waals surface area contributed by atoms with Crippen LogP contribution in [-0.2, 0) is 4.74 Å². The fourth-order valence-corrected chi connectivity index (χ4v) is 3.69. The average Bonchev–Trinajstić information content (AvgIpc) is 2.89. The molecule has 3 heterocycles. The molecule has 4 rings (SSSR count). The molecule has 2 aliphatic rings. The molecule has 0 saturated carbocycles. The molecule has 2 fully saturated rings. The molecule has 1 atom stereocenters. The van der Waals surface area contributed by atoms with Gasteiger partial charge in [-0.15, -0.1) is 0 Å². The molecule has 0 radical (unpaired) electrons. The van der Waals surface area contributed by atoms with Crippen molar-refractivity contribution in [1.82, 2.24) is 14.9 Å². The standard InChI is InChI=1S/C18H26N4O/c1-2-8-17-16(7-1)19-18(20-17)22-10-5-9-21(11-12-22)14-15-6-3-4-13-23-15/h1-2,7-8,15H,3-6,9-14H2,(H,19,20). The molecule has 1 unspecified atom stereocenters. The fraction of sp³-hybridized carbons (Fsp3) is 0.611. The third-order valence-corrected chi connectivity index (χ3v) is 5.00. The van der Waals surface area contributed by atoms with Crippen molar-refractivity contribution < 1.29 is 4.74 Å². The van der Waals surface area contributed by atoms with Crippen LogP contribution in [0, 0.1) is 0 Å². The number of para-hydroxylation sites is 2. The van der Waals surface area contributed by atoms with E-state index >= 15 is 0 Å². The Morgan fingerprint density at radius 2 is 2.04 bits per heavy atom. The minimum Gasteiger partial charge on any atom is -0.377 e. The normalized spacial score (nSPS) is 24.0. The molecule has 1 N–H and O–H groups in total. The molecule has 1 aromatic heterocycles. The van der Waals surface area contributed by atoms with Gasteiger partial charge in [0.05, 0.1) is 17.1 Å². The first-order chi connectivity index (χ1) is 11.4. The van der Waals surface area contributed by atoms with Gasteiger partial charge in [-0.1, -0.05) is 12.1 Å². The van der Waals surface area contributed by atoms with Gasteiger partial charge in [-0.3, -0.25) is 4.90 Å². The minimum absolute atomic E-state index is 0.446. The van der Waals surface area contributed by atoms with Gasteiger partial charge in [0, 0.05) is 32.8 Å². The van der Waals surface area contributed by atoms with E-state index in [1.165, 1.54) is 25.7 Å². The molecule has 2 aromatic rings. The number of nitrogens with zero attached hydrogens (tertiary/aromatic N) is 3. The van der Waals surface area contributed by atoms with Crippen molar-refractivity contribution in [2.45, 2.75) is 31.8 Å². The topological polar surface area (TPSA) is 44.4 Å². The first-order valence-electron chi connectivity index (χ1n) is 8.92. The van der Waals surface area contributed by atoms with Gasteiger partial charge in [-0.05, 0) is 44.4 Å². The summed E-state index contributed by atoms with van der Waals surface area (Å²) in [5, 5.41) is 0. The van der Waals surface area contributed by atoms with E-state index in [-0.39, 0.29) is 0 Å². The second kappa shape index (κ2) is 6.89. The molecular weight excluding hydrogens is 288 g/mol. The maximum Gasteiger partial charge on any atom is 0.203 e. The van der Waals surface area contributed by atoms with Crippen LogP contribution < -0.4 is 4.90 Å². The molecule has 124 valence electrons. The Hall–Kier alpha value is -1.59. The molecule has 23 heavy (non-hydrogen) atoms. The predicted molar refractivity (Wildman–Crippen MR) is 93.0 cm³/mol. The molecule has 0 spiro atoms. The van der Waals surface area contributed by atoms with Gasteiger partial charge in [-0.2, -0.15) is 0 Å². The Morgan fingerprint density at radius 1 is 1.09 bits per heavy atom. The molecular formula is C18H26N4O. The van der Waals surface area contributed by atoms with Crippen molar-refractivity contribution in [3.05, 3.63) is 24.3 Å². The summed E-state index contributed by atoms with van der Waals surface area (Å²) in [6.07, 6.45) is 5.41. The smallest absolute Gasteiger partial charge is 0.203 e. The van der Waals surface area contributed by atoms with E-state index in [4.69, 9.17) is 9.72 Å². The van der Waals surface area contributed by atoms with Crippen molar-refractivity contribution in [3.8, 4) is 0 Å². The lowest BCUT2D eigenvalue weighted by Gasteiger charge is -2.29. The number of benzene rings is 1. The van der Waals surface area contributed by atoms with Crippen LogP contribution in [0.25, 0.3) is 11.0 Å². The molecule has 1 aromatic carbocycles. The third kappa shape index (κ3) is 3.51. The van der Waals surface area contributed by atoms with Gasteiger partial charge < -0.3 is 14.6 Å². The van der Waals surface area contributed by atoms with Crippen LogP contribution in [0.5, 0.6) is 0 Å². The van der Waals surface area contributed by atoms with Crippen LogP contribution >= 0.6 is 0 Å². The summed E-state index contributed by atoms with van der Waals surface area (Å²) in [6, 6.07) is 8.26. The third-order valence-electron chi connectivity index (χ3n) is 5.00. The Morgan fingerprint density at radius 3 is 2.91 bits per heavy atom. The van der Waals surface area contributed by atoms with Gasteiger partial charge >= 0.3 is 0 Å². The maximum absolute atomic E-state index is 5.90. The number of ether oxygens (including phenoxy) is 1. The van der Waals surface area contributed by atoms with E-state index in [2.05, 4.69) is 33.0 Å². The van der Waals surface area contributed by atoms with E-state index in [1.54, 1.807) is 0 Å². The van der Waals surface area contributed by atoms with E-state index in [9.17, 15) is 0 Å². The van der Waals surface area contributed by atoms with Crippen LogP contribution in [0.1, 0.15) is 25.7 Å². The lowest BCUT2D eigenvalue weighted by Crippen LogP contribution is -2.38. The summed E-state index contributed by atoms with van der Waals surface area (Å²) >= 11 is 0. The molecule has 0 bridgehead atoms. The lowest BCUT2D eigenvalue weighted by atomic mass is 10.1. The van der Waals surface area contributed by atoms with E-state index in [0.29, 0.717) is 6.10 Å². The van der Waals surface area contributed by atoms with Crippen LogP contribution in [0.15, 0.2) is 24.3 Å². The highest BCUT2D eigenvalue weighted by molar-refractivity contribution is 5.77. The summed E-state index contributed by atoms with van der Waals surface area (Å²) in [4.78, 5) is 13.2. The summed E-state index contributed by atoms with van der Waals surface area (Å²) in [5.41, 5.74) is 2.18. The number of rotatable bonds is 3. The van der Waals surface area contributed by atoms with E-state index in [0.717, 1.165) is 56.3 Å². The summed E-state index contributed by atoms with van der Waals surface area (Å²) in [7, 11) is 0. The lowest BCUT2D eigenvalue weighted by molar-refractivity contribution is -0.00454. The van der Waals surface area contributed by atoms with Crippen molar-refractivity contribution in [3.63, 3.8) is 0 Å². The van der Waals surface area contributed by atoms with Crippen LogP contribution in [0.2, 0.25) is 0 Å². The van der Waals surface area contributed by atoms with Crippen molar-refractivity contribution in [2.24, 2.45) is 0 Å². The molecule has 0 aliphatic carbocycles. The largest absolute Gasteiger partial charge is 0.377 e. The molecule has 5 nitrogen and oxygen atoms in total. The monoisotopic (exact) mass is 314 g/mol. The fourth-order valence-electron chi connectivity index (χ4n) is 3.69. The van der Waals surface area contributed by atoms with Crippen LogP contribution in [0.4, 0.5) is 5.95 Å². The number of imidazole rings is 1. The minimum atomic E-state index is 0.446. The number of H-pyrrole nitrogens is 1.